The molecule has 2 aromatic rings. The molecule has 2 aromatic carbocycles. The summed E-state index contributed by atoms with van der Waals surface area (Å²) < 4.78 is 5.48. The lowest BCUT2D eigenvalue weighted by molar-refractivity contribution is 0.0270. The molecular formula is C20H21NO. The fraction of sp³-hybridized carbons (Fsp3) is 0.300. The maximum absolute atomic E-state index is 5.48. The molecule has 1 saturated heterocycles. The van der Waals surface area contributed by atoms with Crippen LogP contribution in [0.1, 0.15) is 22.7 Å². The van der Waals surface area contributed by atoms with Crippen LogP contribution >= 0.6 is 0 Å². The Morgan fingerprint density at radius 1 is 0.955 bits per heavy atom. The first-order chi connectivity index (χ1) is 10.8. The molecule has 0 saturated carbocycles. The second-order valence-electron chi connectivity index (χ2n) is 5.60. The molecule has 0 radical (unpaired) electrons. The number of aryl methyl sites for hydroxylation is 1. The van der Waals surface area contributed by atoms with E-state index in [0.717, 1.165) is 31.9 Å². The van der Waals surface area contributed by atoms with Gasteiger partial charge < -0.3 is 4.74 Å². The van der Waals surface area contributed by atoms with Gasteiger partial charge in [-0.15, -0.1) is 0 Å². The summed E-state index contributed by atoms with van der Waals surface area (Å²) in [5, 5.41) is 0. The van der Waals surface area contributed by atoms with Gasteiger partial charge in [0, 0.05) is 18.7 Å². The monoisotopic (exact) mass is 291 g/mol. The summed E-state index contributed by atoms with van der Waals surface area (Å²) in [6.07, 6.45) is 0. The third-order valence-electron chi connectivity index (χ3n) is 3.93. The van der Waals surface area contributed by atoms with E-state index in [0.29, 0.717) is 0 Å². The Bertz CT molecular complexity index is 646. The molecule has 22 heavy (non-hydrogen) atoms. The van der Waals surface area contributed by atoms with Crippen molar-refractivity contribution in [2.75, 3.05) is 26.3 Å². The summed E-state index contributed by atoms with van der Waals surface area (Å²) in [5.41, 5.74) is 3.60. The fourth-order valence-corrected chi connectivity index (χ4v) is 2.64. The van der Waals surface area contributed by atoms with Crippen molar-refractivity contribution in [1.29, 1.82) is 0 Å². The van der Waals surface area contributed by atoms with E-state index < -0.39 is 0 Å². The van der Waals surface area contributed by atoms with E-state index in [2.05, 4.69) is 60.1 Å². The van der Waals surface area contributed by atoms with Gasteiger partial charge >= 0.3 is 0 Å². The molecule has 0 amide bonds. The van der Waals surface area contributed by atoms with Crippen molar-refractivity contribution < 1.29 is 4.74 Å². The highest BCUT2D eigenvalue weighted by atomic mass is 16.5. The molecule has 0 bridgehead atoms. The van der Waals surface area contributed by atoms with E-state index in [1.54, 1.807) is 0 Å². The zero-order valence-electron chi connectivity index (χ0n) is 13.0. The molecule has 1 fully saturated rings. The highest BCUT2D eigenvalue weighted by Gasteiger charge is 2.20. The minimum Gasteiger partial charge on any atom is -0.379 e. The topological polar surface area (TPSA) is 12.5 Å². The van der Waals surface area contributed by atoms with E-state index in [-0.39, 0.29) is 6.04 Å². The van der Waals surface area contributed by atoms with Gasteiger partial charge in [-0.05, 0) is 24.6 Å². The molecular weight excluding hydrogens is 270 g/mol. The van der Waals surface area contributed by atoms with E-state index in [4.69, 9.17) is 4.74 Å². The van der Waals surface area contributed by atoms with Crippen LogP contribution in [-0.2, 0) is 4.74 Å². The Morgan fingerprint density at radius 3 is 2.32 bits per heavy atom. The summed E-state index contributed by atoms with van der Waals surface area (Å²) in [4.78, 5) is 2.41. The molecule has 0 aliphatic carbocycles. The van der Waals surface area contributed by atoms with E-state index in [9.17, 15) is 0 Å². The molecule has 1 aliphatic rings. The first-order valence-corrected chi connectivity index (χ1v) is 7.78. The molecule has 0 N–H and O–H groups in total. The summed E-state index contributed by atoms with van der Waals surface area (Å²) in [7, 11) is 0. The molecule has 2 heteroatoms. The highest BCUT2D eigenvalue weighted by Crippen LogP contribution is 2.21. The average Bonchev–Trinajstić information content (AvgIpc) is 2.58. The SMILES string of the molecule is Cc1ccc(C(C#Cc2ccccc2)N2CCOCC2)cc1. The van der Waals surface area contributed by atoms with Crippen LogP contribution in [0.3, 0.4) is 0 Å². The Balaban J connectivity index is 1.89. The molecule has 1 unspecified atom stereocenters. The van der Waals surface area contributed by atoms with Gasteiger partial charge in [0.25, 0.3) is 0 Å². The smallest absolute Gasteiger partial charge is 0.0976 e. The van der Waals surface area contributed by atoms with Gasteiger partial charge in [0.15, 0.2) is 0 Å². The number of morpholine rings is 1. The number of nitrogens with zero attached hydrogens (tertiary/aromatic N) is 1. The molecule has 1 atom stereocenters. The van der Waals surface area contributed by atoms with Crippen LogP contribution in [0.5, 0.6) is 0 Å². The standard InChI is InChI=1S/C20H21NO/c1-17-7-10-19(11-8-17)20(21-13-15-22-16-14-21)12-9-18-5-3-2-4-6-18/h2-8,10-11,20H,13-16H2,1H3. The molecule has 1 heterocycles. The minimum absolute atomic E-state index is 0.129. The van der Waals surface area contributed by atoms with E-state index in [1.807, 2.05) is 18.2 Å². The third-order valence-corrected chi connectivity index (χ3v) is 3.93. The van der Waals surface area contributed by atoms with Crippen LogP contribution in [-0.4, -0.2) is 31.2 Å². The highest BCUT2D eigenvalue weighted by molar-refractivity contribution is 5.38. The molecule has 2 nitrogen and oxygen atoms in total. The van der Waals surface area contributed by atoms with Gasteiger partial charge in [-0.3, -0.25) is 4.90 Å². The summed E-state index contributed by atoms with van der Waals surface area (Å²) in [6.45, 7) is 5.55. The van der Waals surface area contributed by atoms with Crippen molar-refractivity contribution in [2.45, 2.75) is 13.0 Å². The molecule has 0 aromatic heterocycles. The molecule has 0 spiro atoms. The van der Waals surface area contributed by atoms with Crippen molar-refractivity contribution in [1.82, 2.24) is 4.90 Å². The van der Waals surface area contributed by atoms with Crippen molar-refractivity contribution in [3.8, 4) is 11.8 Å². The van der Waals surface area contributed by atoms with Gasteiger partial charge in [-0.2, -0.15) is 0 Å². The molecule has 3 rings (SSSR count). The molecule has 112 valence electrons. The Kier molecular flexibility index (Phi) is 4.90. The normalized spacial score (nSPS) is 16.6. The largest absolute Gasteiger partial charge is 0.379 e. The average molecular weight is 291 g/mol. The van der Waals surface area contributed by atoms with Crippen LogP contribution in [0.15, 0.2) is 54.6 Å². The Hall–Kier alpha value is -2.08. The Labute approximate surface area is 132 Å². The van der Waals surface area contributed by atoms with Crippen LogP contribution in [0.25, 0.3) is 0 Å². The van der Waals surface area contributed by atoms with Gasteiger partial charge in [-0.25, -0.2) is 0 Å². The van der Waals surface area contributed by atoms with Crippen LogP contribution < -0.4 is 0 Å². The second kappa shape index (κ2) is 7.26. The predicted molar refractivity (Wildman–Crippen MR) is 89.6 cm³/mol. The van der Waals surface area contributed by atoms with Crippen LogP contribution in [0, 0.1) is 18.8 Å². The van der Waals surface area contributed by atoms with Crippen LogP contribution in [0.4, 0.5) is 0 Å². The maximum atomic E-state index is 5.48. The zero-order chi connectivity index (χ0) is 15.2. The summed E-state index contributed by atoms with van der Waals surface area (Å²) in [5.74, 6) is 6.78. The number of hydrogen-bond acceptors (Lipinski definition) is 2. The van der Waals surface area contributed by atoms with Crippen molar-refractivity contribution in [2.24, 2.45) is 0 Å². The van der Waals surface area contributed by atoms with Crippen molar-refractivity contribution in [3.63, 3.8) is 0 Å². The third kappa shape index (κ3) is 3.76. The van der Waals surface area contributed by atoms with Crippen molar-refractivity contribution >= 4 is 0 Å². The van der Waals surface area contributed by atoms with E-state index >= 15 is 0 Å². The predicted octanol–water partition coefficient (Wildman–Crippen LogP) is 3.42. The van der Waals surface area contributed by atoms with Gasteiger partial charge in [0.05, 0.1) is 19.3 Å². The second-order valence-corrected chi connectivity index (χ2v) is 5.60. The first kappa shape index (κ1) is 14.8. The lowest BCUT2D eigenvalue weighted by atomic mass is 10.0. The number of ether oxygens (including phenoxy) is 1. The first-order valence-electron chi connectivity index (χ1n) is 7.78. The summed E-state index contributed by atoms with van der Waals surface area (Å²) >= 11 is 0. The lowest BCUT2D eigenvalue weighted by Gasteiger charge is -2.31. The number of benzene rings is 2. The van der Waals surface area contributed by atoms with Gasteiger partial charge in [-0.1, -0.05) is 59.9 Å². The summed E-state index contributed by atoms with van der Waals surface area (Å²) in [6, 6.07) is 19.0. The quantitative estimate of drug-likeness (QED) is 0.786. The number of rotatable bonds is 2. The van der Waals surface area contributed by atoms with Gasteiger partial charge in [0.2, 0.25) is 0 Å². The van der Waals surface area contributed by atoms with E-state index in [1.165, 1.54) is 11.1 Å². The lowest BCUT2D eigenvalue weighted by Crippen LogP contribution is -2.38. The van der Waals surface area contributed by atoms with Crippen molar-refractivity contribution in [3.05, 3.63) is 71.3 Å². The number of hydrogen-bond donors (Lipinski definition) is 0. The maximum Gasteiger partial charge on any atom is 0.0976 e. The van der Waals surface area contributed by atoms with Crippen LogP contribution in [0.2, 0.25) is 0 Å². The zero-order valence-corrected chi connectivity index (χ0v) is 13.0. The Morgan fingerprint density at radius 2 is 1.64 bits per heavy atom. The fourth-order valence-electron chi connectivity index (χ4n) is 2.64. The van der Waals surface area contributed by atoms with Gasteiger partial charge in [0.1, 0.15) is 0 Å². The minimum atomic E-state index is 0.129. The molecule has 1 aliphatic heterocycles.